The molecule has 12 aromatic rings. The summed E-state index contributed by atoms with van der Waals surface area (Å²) in [4.78, 5) is 7.26. The molecular weight excluding hydrogens is 1100 g/mol. The number of benzene rings is 10. The molecule has 0 saturated carbocycles. The lowest BCUT2D eigenvalue weighted by Crippen LogP contribution is -2.22. The molecule has 13 rings (SSSR count). The van der Waals surface area contributed by atoms with E-state index in [0.717, 1.165) is 68.0 Å². The van der Waals surface area contributed by atoms with Crippen molar-refractivity contribution in [3.63, 3.8) is 0 Å². The Balaban J connectivity index is 1.05. The van der Waals surface area contributed by atoms with E-state index >= 15 is 0 Å². The van der Waals surface area contributed by atoms with Crippen molar-refractivity contribution in [1.29, 1.82) is 0 Å². The van der Waals surface area contributed by atoms with E-state index in [0.29, 0.717) is 5.02 Å². The summed E-state index contributed by atoms with van der Waals surface area (Å²) < 4.78 is 5.13. The third kappa shape index (κ3) is 10.3. The molecule has 0 radical (unpaired) electrons. The highest BCUT2D eigenvalue weighted by atomic mass is 35.5. The van der Waals surface area contributed by atoms with E-state index in [4.69, 9.17) is 11.6 Å². The van der Waals surface area contributed by atoms with Gasteiger partial charge in [-0.3, -0.25) is 0 Å². The second-order valence-corrected chi connectivity index (χ2v) is 30.9. The minimum atomic E-state index is -0.155. The van der Waals surface area contributed by atoms with Crippen molar-refractivity contribution in [3.05, 3.63) is 239 Å². The minimum absolute atomic E-state index is 0.00558. The maximum atomic E-state index is 8.45. The van der Waals surface area contributed by atoms with Gasteiger partial charge in [0.1, 0.15) is 0 Å². The molecule has 0 saturated heterocycles. The van der Waals surface area contributed by atoms with Crippen LogP contribution in [0.15, 0.2) is 200 Å². The second-order valence-electron chi connectivity index (χ2n) is 29.5. The van der Waals surface area contributed by atoms with Crippen LogP contribution in [-0.2, 0) is 27.1 Å². The third-order valence-electron chi connectivity index (χ3n) is 18.0. The number of hydrogen-bond acceptors (Lipinski definition) is 4. The zero-order chi connectivity index (χ0) is 61.4. The van der Waals surface area contributed by atoms with Gasteiger partial charge in [0.05, 0.1) is 44.5 Å². The fourth-order valence-corrected chi connectivity index (χ4v) is 14.4. The second kappa shape index (κ2) is 20.8. The van der Waals surface area contributed by atoms with E-state index in [9.17, 15) is 0 Å². The predicted molar refractivity (Wildman–Crippen MR) is 380 cm³/mol. The van der Waals surface area contributed by atoms with Gasteiger partial charge < -0.3 is 19.3 Å². The van der Waals surface area contributed by atoms with E-state index in [-0.39, 0.29) is 27.1 Å². The fraction of sp³-hybridized carbons (Fsp3) is 0.259. The quantitative estimate of drug-likeness (QED) is 0.151. The molecule has 1 aliphatic rings. The maximum Gasteiger partial charge on any atom is 0.0887 e. The monoisotopic (exact) mass is 1180 g/mol. The van der Waals surface area contributed by atoms with Gasteiger partial charge in [-0.05, 0) is 188 Å². The van der Waals surface area contributed by atoms with E-state index in [1.807, 2.05) is 11.3 Å². The Morgan fingerprint density at radius 3 is 1.49 bits per heavy atom. The number of rotatable bonds is 8. The van der Waals surface area contributed by atoms with Crippen molar-refractivity contribution < 1.29 is 0 Å². The Bertz CT molecular complexity index is 4600. The van der Waals surface area contributed by atoms with Crippen molar-refractivity contribution >= 4 is 116 Å². The molecule has 2 aromatic heterocycles. The first-order chi connectivity index (χ1) is 41.1. The zero-order valence-corrected chi connectivity index (χ0v) is 55.2. The normalized spacial score (nSPS) is 13.1. The van der Waals surface area contributed by atoms with Crippen LogP contribution in [0.25, 0.3) is 58.8 Å². The smallest absolute Gasteiger partial charge is 0.0887 e. The summed E-state index contributed by atoms with van der Waals surface area (Å²) in [6.07, 6.45) is 0. The Hall–Kier alpha value is -8.09. The largest absolute Gasteiger partial charge is 0.310 e. The topological polar surface area (TPSA) is 14.7 Å². The fourth-order valence-electron chi connectivity index (χ4n) is 12.9. The molecule has 6 heteroatoms. The van der Waals surface area contributed by atoms with Crippen molar-refractivity contribution in [3.8, 4) is 16.8 Å². The van der Waals surface area contributed by atoms with Crippen molar-refractivity contribution in [2.75, 3.05) is 14.7 Å². The summed E-state index contributed by atoms with van der Waals surface area (Å²) in [6.45, 7) is 36.8. The molecule has 0 unspecified atom stereocenters. The number of aromatic nitrogens is 1. The van der Waals surface area contributed by atoms with Crippen LogP contribution in [0.5, 0.6) is 0 Å². The van der Waals surface area contributed by atoms with Crippen LogP contribution < -0.4 is 14.7 Å². The molecule has 0 amide bonds. The number of fused-ring (bicyclic) bond motifs is 8. The number of nitrogens with zero attached hydrogens (tertiary/aromatic N) is 4. The molecule has 0 spiro atoms. The summed E-state index contributed by atoms with van der Waals surface area (Å²) in [5, 5.41) is 5.74. The summed E-state index contributed by atoms with van der Waals surface area (Å²) in [5.41, 5.74) is 22.3. The first kappa shape index (κ1) is 58.0. The van der Waals surface area contributed by atoms with Gasteiger partial charge in [-0.25, -0.2) is 0 Å². The van der Waals surface area contributed by atoms with Gasteiger partial charge in [0.15, 0.2) is 0 Å². The molecule has 0 fully saturated rings. The molecule has 0 atom stereocenters. The van der Waals surface area contributed by atoms with Gasteiger partial charge in [-0.1, -0.05) is 206 Å². The van der Waals surface area contributed by atoms with Gasteiger partial charge in [0, 0.05) is 59.4 Å². The summed E-state index contributed by atoms with van der Waals surface area (Å²) in [5.74, 6) is 0. The molecule has 438 valence electrons. The number of halogens is 1. The van der Waals surface area contributed by atoms with E-state index in [1.54, 1.807) is 0 Å². The highest BCUT2D eigenvalue weighted by Gasteiger charge is 2.35. The predicted octanol–water partition coefficient (Wildman–Crippen LogP) is 25.0. The van der Waals surface area contributed by atoms with Crippen LogP contribution in [0.4, 0.5) is 51.2 Å². The van der Waals surface area contributed by atoms with E-state index in [1.165, 1.54) is 75.4 Å². The Kier molecular flexibility index (Phi) is 13.8. The Morgan fingerprint density at radius 2 is 0.874 bits per heavy atom. The van der Waals surface area contributed by atoms with Crippen LogP contribution in [0.2, 0.25) is 5.02 Å². The lowest BCUT2D eigenvalue weighted by Gasteiger charge is -2.37. The van der Waals surface area contributed by atoms with Gasteiger partial charge in [-0.2, -0.15) is 0 Å². The first-order valence-electron chi connectivity index (χ1n) is 30.9. The molecular formula is C81H81ClN4S. The molecule has 87 heavy (non-hydrogen) atoms. The van der Waals surface area contributed by atoms with E-state index < -0.39 is 0 Å². The van der Waals surface area contributed by atoms with Crippen LogP contribution in [0.1, 0.15) is 137 Å². The molecule has 10 aromatic carbocycles. The van der Waals surface area contributed by atoms with Crippen LogP contribution in [-0.4, -0.2) is 4.57 Å². The lowest BCUT2D eigenvalue weighted by atomic mass is 9.84. The highest BCUT2D eigenvalue weighted by molar-refractivity contribution is 7.26. The van der Waals surface area contributed by atoms with Crippen molar-refractivity contribution in [1.82, 2.24) is 4.57 Å². The summed E-state index contributed by atoms with van der Waals surface area (Å²) in [7, 11) is 0. The van der Waals surface area contributed by atoms with Gasteiger partial charge >= 0.3 is 0 Å². The van der Waals surface area contributed by atoms with Crippen molar-refractivity contribution in [2.24, 2.45) is 0 Å². The number of thiophene rings is 1. The SMILES string of the molecule is Cc1cc(N(c2ccc(-c3cccc4c3sc3ccccc34)cc2)c2cccc(N(c3ccc(C(C)(C)C)cc3)c3ccc(C(C)(C)C)cc3)c2)c(Cl)c(N2c3ccc(C(C)(C)C)cc3-n3c4ccc(C(C)(C)C)cc4c4cc(C(C)(C)C)cc2c43)c1. The van der Waals surface area contributed by atoms with Crippen LogP contribution in [0.3, 0.4) is 0 Å². The minimum Gasteiger partial charge on any atom is -0.310 e. The lowest BCUT2D eigenvalue weighted by molar-refractivity contribution is 0.589. The molecule has 1 aliphatic heterocycles. The van der Waals surface area contributed by atoms with Crippen molar-refractivity contribution in [2.45, 2.75) is 138 Å². The van der Waals surface area contributed by atoms with Crippen LogP contribution >= 0.6 is 22.9 Å². The standard InChI is InChI=1S/C81H81ClN4S/c1-50-43-70(74(82)71(44-50)85-68-42-34-55(80(11,12)13)47-69(68)86-67-41-33-54(79(8,9)10)45-65(67)66-46-56(81(14,15)16)48-72(85)75(66)86)84(59-35-27-51(28-36-59)62-24-20-25-64-63-23-17-18-26-73(63)87-76(62)64)61-22-19-21-60(49-61)83(57-37-29-52(30-38-57)77(2,3)4)58-39-31-53(32-40-58)78(5,6)7/h17-49H,1-16H3. The molecule has 0 aliphatic carbocycles. The Labute approximate surface area is 525 Å². The first-order valence-corrected chi connectivity index (χ1v) is 32.1. The number of hydrogen-bond donors (Lipinski definition) is 0. The molecule has 3 heterocycles. The molecule has 0 bridgehead atoms. The summed E-state index contributed by atoms with van der Waals surface area (Å²) >= 11 is 10.3. The van der Waals surface area contributed by atoms with E-state index in [2.05, 4.69) is 330 Å². The van der Waals surface area contributed by atoms with Gasteiger partial charge in [-0.15, -0.1) is 11.3 Å². The molecule has 0 N–H and O–H groups in total. The average molecular weight is 1180 g/mol. The van der Waals surface area contributed by atoms with Crippen LogP contribution in [0, 0.1) is 6.92 Å². The summed E-state index contributed by atoms with van der Waals surface area (Å²) in [6, 6.07) is 75.6. The zero-order valence-electron chi connectivity index (χ0n) is 53.6. The van der Waals surface area contributed by atoms with Gasteiger partial charge in [0.2, 0.25) is 0 Å². The average Bonchev–Trinajstić information content (AvgIpc) is 1.61. The highest BCUT2D eigenvalue weighted by Crippen LogP contribution is 2.56. The molecule has 4 nitrogen and oxygen atoms in total. The van der Waals surface area contributed by atoms with Gasteiger partial charge in [0.25, 0.3) is 0 Å². The third-order valence-corrected chi connectivity index (χ3v) is 19.6. The Morgan fingerprint density at radius 1 is 0.368 bits per heavy atom. The number of anilines is 9. The maximum absolute atomic E-state index is 8.45. The number of aryl methyl sites for hydroxylation is 1.